The van der Waals surface area contributed by atoms with Crippen LogP contribution in [0.25, 0.3) is 0 Å². The highest BCUT2D eigenvalue weighted by atomic mass is 32.2. The largest absolute Gasteiger partial charge is 0.369 e. The Morgan fingerprint density at radius 3 is 2.75 bits per heavy atom. The van der Waals surface area contributed by atoms with Gasteiger partial charge in [-0.1, -0.05) is 6.42 Å². The number of carbonyl (C=O) groups is 1. The van der Waals surface area contributed by atoms with E-state index < -0.39 is 0 Å². The van der Waals surface area contributed by atoms with E-state index >= 15 is 0 Å². The predicted octanol–water partition coefficient (Wildman–Crippen LogP) is 1.49. The molecule has 0 bridgehead atoms. The molecule has 1 unspecified atom stereocenters. The van der Waals surface area contributed by atoms with Crippen molar-refractivity contribution >= 4 is 17.5 Å². The van der Waals surface area contributed by atoms with Crippen LogP contribution in [-0.2, 0) is 9.53 Å². The number of Topliss-reactive ketones (excluding diaryl/α,β-unsaturated/α-hetero) is 1. The van der Waals surface area contributed by atoms with E-state index in [4.69, 9.17) is 4.74 Å². The van der Waals surface area contributed by atoms with Crippen molar-refractivity contribution in [1.29, 1.82) is 0 Å². The van der Waals surface area contributed by atoms with Crippen molar-refractivity contribution in [2.45, 2.75) is 25.4 Å². The van der Waals surface area contributed by atoms with Gasteiger partial charge in [-0.05, 0) is 12.8 Å². The summed E-state index contributed by atoms with van der Waals surface area (Å²) in [6.45, 7) is 0.758. The molecule has 1 heterocycles. The van der Waals surface area contributed by atoms with Gasteiger partial charge in [-0.2, -0.15) is 11.8 Å². The minimum absolute atomic E-state index is 0.0750. The first-order valence-corrected chi connectivity index (χ1v) is 5.76. The van der Waals surface area contributed by atoms with E-state index in [2.05, 4.69) is 0 Å². The number of hydrogen-bond acceptors (Lipinski definition) is 3. The molecule has 0 aromatic carbocycles. The number of carbonyl (C=O) groups excluding carboxylic acids is 1. The molecule has 68 valence electrons. The van der Waals surface area contributed by atoms with Crippen LogP contribution in [0.3, 0.4) is 0 Å². The second kappa shape index (κ2) is 3.79. The molecular weight excluding hydrogens is 172 g/mol. The van der Waals surface area contributed by atoms with Gasteiger partial charge in [0.15, 0.2) is 5.78 Å². The highest BCUT2D eigenvalue weighted by Crippen LogP contribution is 2.30. The van der Waals surface area contributed by atoms with E-state index in [1.165, 1.54) is 6.42 Å². The van der Waals surface area contributed by atoms with Gasteiger partial charge in [0.1, 0.15) is 6.10 Å². The molecular formula is C9H14O2S. The van der Waals surface area contributed by atoms with Gasteiger partial charge in [0.25, 0.3) is 0 Å². The summed E-state index contributed by atoms with van der Waals surface area (Å²) in [7, 11) is 0. The Labute approximate surface area is 77.0 Å². The molecule has 0 radical (unpaired) electrons. The fourth-order valence-electron chi connectivity index (χ4n) is 1.61. The van der Waals surface area contributed by atoms with Crippen LogP contribution in [0.1, 0.15) is 19.3 Å². The summed E-state index contributed by atoms with van der Waals surface area (Å²) >= 11 is 1.84. The average molecular weight is 186 g/mol. The molecule has 1 atom stereocenters. The van der Waals surface area contributed by atoms with Crippen molar-refractivity contribution in [3.05, 3.63) is 0 Å². The fourth-order valence-corrected chi connectivity index (χ4v) is 2.46. The maximum atomic E-state index is 11.6. The normalized spacial score (nSPS) is 31.2. The smallest absolute Gasteiger partial charge is 0.165 e. The lowest BCUT2D eigenvalue weighted by molar-refractivity contribution is -0.135. The molecule has 2 aliphatic rings. The molecule has 1 aliphatic carbocycles. The third-order valence-corrected chi connectivity index (χ3v) is 3.63. The van der Waals surface area contributed by atoms with Crippen LogP contribution < -0.4 is 0 Å². The third kappa shape index (κ3) is 1.67. The maximum Gasteiger partial charge on any atom is 0.165 e. The molecule has 1 saturated heterocycles. The summed E-state index contributed by atoms with van der Waals surface area (Å²) in [5.74, 6) is 2.64. The summed E-state index contributed by atoms with van der Waals surface area (Å²) in [5, 5.41) is 0. The first-order chi connectivity index (χ1) is 5.88. The van der Waals surface area contributed by atoms with E-state index in [-0.39, 0.29) is 6.10 Å². The van der Waals surface area contributed by atoms with E-state index in [9.17, 15) is 4.79 Å². The molecule has 1 saturated carbocycles. The predicted molar refractivity (Wildman–Crippen MR) is 49.4 cm³/mol. The number of rotatable bonds is 2. The van der Waals surface area contributed by atoms with Gasteiger partial charge >= 0.3 is 0 Å². The van der Waals surface area contributed by atoms with Gasteiger partial charge in [0.05, 0.1) is 6.61 Å². The average Bonchev–Trinajstić information content (AvgIpc) is 2.03. The Kier molecular flexibility index (Phi) is 2.71. The molecule has 0 N–H and O–H groups in total. The van der Waals surface area contributed by atoms with Crippen molar-refractivity contribution in [3.63, 3.8) is 0 Å². The standard InChI is InChI=1S/C9H14O2S/c10-9(7-2-1-3-7)8-6-12-5-4-11-8/h7-8H,1-6H2. The summed E-state index contributed by atoms with van der Waals surface area (Å²) in [6, 6.07) is 0. The van der Waals surface area contributed by atoms with Gasteiger partial charge in [-0.25, -0.2) is 0 Å². The number of hydrogen-bond donors (Lipinski definition) is 0. The van der Waals surface area contributed by atoms with Crippen LogP contribution in [0.4, 0.5) is 0 Å². The van der Waals surface area contributed by atoms with Crippen molar-refractivity contribution in [2.24, 2.45) is 5.92 Å². The Balaban J connectivity index is 1.84. The highest BCUT2D eigenvalue weighted by Gasteiger charge is 2.32. The SMILES string of the molecule is O=C(C1CCC1)C1CSCCO1. The molecule has 0 amide bonds. The third-order valence-electron chi connectivity index (χ3n) is 2.64. The zero-order valence-electron chi connectivity index (χ0n) is 7.12. The summed E-state index contributed by atoms with van der Waals surface area (Å²) in [5.41, 5.74) is 0. The zero-order valence-corrected chi connectivity index (χ0v) is 7.94. The summed E-state index contributed by atoms with van der Waals surface area (Å²) in [6.07, 6.45) is 3.36. The number of thioether (sulfide) groups is 1. The first-order valence-electron chi connectivity index (χ1n) is 4.61. The maximum absolute atomic E-state index is 11.6. The molecule has 12 heavy (non-hydrogen) atoms. The van der Waals surface area contributed by atoms with Crippen molar-refractivity contribution in [2.75, 3.05) is 18.1 Å². The molecule has 0 spiro atoms. The Morgan fingerprint density at radius 1 is 1.42 bits per heavy atom. The Bertz CT molecular complexity index is 171. The lowest BCUT2D eigenvalue weighted by atomic mass is 9.80. The van der Waals surface area contributed by atoms with Crippen LogP contribution in [0, 0.1) is 5.92 Å². The summed E-state index contributed by atoms with van der Waals surface area (Å²) < 4.78 is 5.43. The minimum Gasteiger partial charge on any atom is -0.369 e. The van der Waals surface area contributed by atoms with Gasteiger partial charge in [0, 0.05) is 17.4 Å². The van der Waals surface area contributed by atoms with E-state index in [1.807, 2.05) is 11.8 Å². The van der Waals surface area contributed by atoms with Crippen LogP contribution in [0.15, 0.2) is 0 Å². The molecule has 3 heteroatoms. The second-order valence-electron chi connectivity index (χ2n) is 3.46. The quantitative estimate of drug-likeness (QED) is 0.653. The van der Waals surface area contributed by atoms with Crippen molar-refractivity contribution in [1.82, 2.24) is 0 Å². The topological polar surface area (TPSA) is 26.3 Å². The highest BCUT2D eigenvalue weighted by molar-refractivity contribution is 7.99. The Hall–Kier alpha value is -0.0200. The second-order valence-corrected chi connectivity index (χ2v) is 4.61. The van der Waals surface area contributed by atoms with Crippen LogP contribution in [0.5, 0.6) is 0 Å². The van der Waals surface area contributed by atoms with Crippen molar-refractivity contribution < 1.29 is 9.53 Å². The van der Waals surface area contributed by atoms with Crippen LogP contribution in [-0.4, -0.2) is 30.0 Å². The molecule has 2 rings (SSSR count). The van der Waals surface area contributed by atoms with Crippen LogP contribution >= 0.6 is 11.8 Å². The number of ether oxygens (including phenoxy) is 1. The fraction of sp³-hybridized carbons (Fsp3) is 0.889. The molecule has 2 nitrogen and oxygen atoms in total. The Morgan fingerprint density at radius 2 is 2.25 bits per heavy atom. The molecule has 1 aliphatic heterocycles. The van der Waals surface area contributed by atoms with E-state index in [0.717, 1.165) is 31.0 Å². The zero-order chi connectivity index (χ0) is 8.39. The molecule has 2 fully saturated rings. The van der Waals surface area contributed by atoms with Gasteiger partial charge in [0.2, 0.25) is 0 Å². The van der Waals surface area contributed by atoms with Gasteiger partial charge < -0.3 is 4.74 Å². The van der Waals surface area contributed by atoms with Gasteiger partial charge in [-0.3, -0.25) is 4.79 Å². The van der Waals surface area contributed by atoms with Crippen LogP contribution in [0.2, 0.25) is 0 Å². The summed E-state index contributed by atoms with van der Waals surface area (Å²) in [4.78, 5) is 11.6. The van der Waals surface area contributed by atoms with Gasteiger partial charge in [-0.15, -0.1) is 0 Å². The lowest BCUT2D eigenvalue weighted by Gasteiger charge is -2.29. The molecule has 0 aromatic heterocycles. The molecule has 0 aromatic rings. The van der Waals surface area contributed by atoms with Crippen molar-refractivity contribution in [3.8, 4) is 0 Å². The van der Waals surface area contributed by atoms with E-state index in [1.54, 1.807) is 0 Å². The lowest BCUT2D eigenvalue weighted by Crippen LogP contribution is -2.38. The first kappa shape index (κ1) is 8.57. The number of ketones is 1. The monoisotopic (exact) mass is 186 g/mol. The van der Waals surface area contributed by atoms with E-state index in [0.29, 0.717) is 11.7 Å². The minimum atomic E-state index is -0.0750.